The van der Waals surface area contributed by atoms with Gasteiger partial charge in [0.05, 0.1) is 5.69 Å². The average molecular weight is 467 g/mol. The summed E-state index contributed by atoms with van der Waals surface area (Å²) < 4.78 is 49.7. The number of alkyl halides is 3. The van der Waals surface area contributed by atoms with Gasteiger partial charge in [-0.25, -0.2) is 9.97 Å². The molecule has 4 rings (SSSR count). The molecule has 1 aliphatic carbocycles. The molecule has 12 heteroatoms. The number of aryl methyl sites for hydroxylation is 1. The zero-order valence-corrected chi connectivity index (χ0v) is 18.0. The quantitative estimate of drug-likeness (QED) is 0.388. The molecule has 3 atom stereocenters. The highest BCUT2D eigenvalue weighted by molar-refractivity contribution is 5.80. The fourth-order valence-electron chi connectivity index (χ4n) is 4.05. The summed E-state index contributed by atoms with van der Waals surface area (Å²) >= 11 is 0. The minimum Gasteiger partial charge on any atom is -0.436 e. The standard InChI is InChI=1S/C21H24F3N5O4/c1-11-15(18-27-13-5-3-4-6-14(13)33-18)17(28-19(26-11)25-10-21(22,23)24)29-20(32-2)8-7-12(9-30)16(20)31/h3-6,12,16,30-31H,7-10H2,1-2H3,(H2,25,26,28,29). The van der Waals surface area contributed by atoms with Gasteiger partial charge >= 0.3 is 6.18 Å². The van der Waals surface area contributed by atoms with Crippen LogP contribution < -0.4 is 10.6 Å². The van der Waals surface area contributed by atoms with Gasteiger partial charge in [0.15, 0.2) is 11.3 Å². The number of ether oxygens (including phenoxy) is 1. The first-order chi connectivity index (χ1) is 15.7. The Kier molecular flexibility index (Phi) is 6.16. The van der Waals surface area contributed by atoms with Crippen molar-refractivity contribution < 1.29 is 32.5 Å². The summed E-state index contributed by atoms with van der Waals surface area (Å²) in [7, 11) is 1.39. The third-order valence-electron chi connectivity index (χ3n) is 5.78. The highest BCUT2D eigenvalue weighted by atomic mass is 19.4. The number of halogens is 3. The van der Waals surface area contributed by atoms with Crippen molar-refractivity contribution in [3.63, 3.8) is 0 Å². The van der Waals surface area contributed by atoms with Crippen molar-refractivity contribution in [2.45, 2.75) is 37.8 Å². The molecule has 0 saturated heterocycles. The summed E-state index contributed by atoms with van der Waals surface area (Å²) in [5.74, 6) is -0.449. The second-order valence-corrected chi connectivity index (χ2v) is 7.96. The van der Waals surface area contributed by atoms with Gasteiger partial charge in [-0.2, -0.15) is 18.2 Å². The van der Waals surface area contributed by atoms with E-state index in [1.807, 2.05) is 0 Å². The summed E-state index contributed by atoms with van der Waals surface area (Å²) in [6.07, 6.45) is -4.75. The number of methoxy groups -OCH3 is 1. The van der Waals surface area contributed by atoms with E-state index in [0.29, 0.717) is 35.2 Å². The molecule has 0 amide bonds. The Balaban J connectivity index is 1.80. The lowest BCUT2D eigenvalue weighted by Crippen LogP contribution is -2.49. The third-order valence-corrected chi connectivity index (χ3v) is 5.78. The number of aliphatic hydroxyl groups is 2. The van der Waals surface area contributed by atoms with Crippen LogP contribution in [0.1, 0.15) is 18.5 Å². The molecule has 9 nitrogen and oxygen atoms in total. The number of rotatable bonds is 7. The Morgan fingerprint density at radius 2 is 2.00 bits per heavy atom. The van der Waals surface area contributed by atoms with Gasteiger partial charge in [-0.15, -0.1) is 0 Å². The number of para-hydroxylation sites is 2. The summed E-state index contributed by atoms with van der Waals surface area (Å²) in [5.41, 5.74) is 0.400. The number of fused-ring (bicyclic) bond motifs is 1. The highest BCUT2D eigenvalue weighted by Gasteiger charge is 2.49. The van der Waals surface area contributed by atoms with E-state index in [0.717, 1.165) is 0 Å². The zero-order chi connectivity index (χ0) is 23.8. The molecule has 0 aliphatic heterocycles. The molecule has 1 aliphatic rings. The number of nitrogens with one attached hydrogen (secondary N) is 2. The van der Waals surface area contributed by atoms with Crippen LogP contribution in [-0.2, 0) is 4.74 Å². The highest BCUT2D eigenvalue weighted by Crippen LogP contribution is 2.41. The molecule has 0 spiro atoms. The number of hydrogen-bond donors (Lipinski definition) is 4. The first kappa shape index (κ1) is 23.2. The van der Waals surface area contributed by atoms with E-state index in [9.17, 15) is 23.4 Å². The molecule has 178 valence electrons. The second kappa shape index (κ2) is 8.76. The van der Waals surface area contributed by atoms with Crippen molar-refractivity contribution in [2.75, 3.05) is 30.9 Å². The molecule has 1 fully saturated rings. The van der Waals surface area contributed by atoms with E-state index in [4.69, 9.17) is 9.15 Å². The fourth-order valence-corrected chi connectivity index (χ4v) is 4.05. The van der Waals surface area contributed by atoms with Crippen molar-refractivity contribution >= 4 is 22.9 Å². The Bertz CT molecular complexity index is 1110. The molecule has 1 aromatic carbocycles. The van der Waals surface area contributed by atoms with Gasteiger partial charge in [-0.05, 0) is 31.9 Å². The van der Waals surface area contributed by atoms with Crippen LogP contribution in [0, 0.1) is 12.8 Å². The van der Waals surface area contributed by atoms with Crippen LogP contribution in [0.3, 0.4) is 0 Å². The Labute approximate surface area is 187 Å². The summed E-state index contributed by atoms with van der Waals surface area (Å²) in [5, 5.41) is 25.6. The Hall–Kier alpha value is -2.96. The van der Waals surface area contributed by atoms with E-state index >= 15 is 0 Å². The van der Waals surface area contributed by atoms with Crippen LogP contribution in [0.4, 0.5) is 24.9 Å². The molecule has 33 heavy (non-hydrogen) atoms. The minimum atomic E-state index is -4.46. The summed E-state index contributed by atoms with van der Waals surface area (Å²) in [6, 6.07) is 7.07. The topological polar surface area (TPSA) is 126 Å². The van der Waals surface area contributed by atoms with Gasteiger partial charge < -0.3 is 30.0 Å². The van der Waals surface area contributed by atoms with Crippen LogP contribution in [0.25, 0.3) is 22.6 Å². The number of anilines is 2. The first-order valence-electron chi connectivity index (χ1n) is 10.3. The van der Waals surface area contributed by atoms with Crippen molar-refractivity contribution in [3.8, 4) is 11.5 Å². The number of nitrogens with zero attached hydrogens (tertiary/aromatic N) is 3. The van der Waals surface area contributed by atoms with Crippen LogP contribution >= 0.6 is 0 Å². The molecule has 2 aromatic heterocycles. The summed E-state index contributed by atoms with van der Waals surface area (Å²) in [4.78, 5) is 12.9. The van der Waals surface area contributed by atoms with Gasteiger partial charge in [-0.3, -0.25) is 0 Å². The molecule has 1 saturated carbocycles. The normalized spacial score (nSPS) is 23.2. The van der Waals surface area contributed by atoms with Crippen molar-refractivity contribution in [1.82, 2.24) is 15.0 Å². The van der Waals surface area contributed by atoms with Gasteiger partial charge in [0.2, 0.25) is 11.8 Å². The predicted molar refractivity (Wildman–Crippen MR) is 113 cm³/mol. The predicted octanol–water partition coefficient (Wildman–Crippen LogP) is 3.09. The molecule has 3 aromatic rings. The Morgan fingerprint density at radius 1 is 1.24 bits per heavy atom. The number of benzene rings is 1. The molecule has 0 radical (unpaired) electrons. The third kappa shape index (κ3) is 4.59. The second-order valence-electron chi connectivity index (χ2n) is 7.96. The monoisotopic (exact) mass is 467 g/mol. The molecule has 4 N–H and O–H groups in total. The van der Waals surface area contributed by atoms with E-state index in [2.05, 4.69) is 25.6 Å². The largest absolute Gasteiger partial charge is 0.436 e. The minimum absolute atomic E-state index is 0.0817. The maximum absolute atomic E-state index is 12.7. The SMILES string of the molecule is COC1(Nc2nc(NCC(F)(F)F)nc(C)c2-c2nc3ccccc3o2)CCC(CO)C1O. The van der Waals surface area contributed by atoms with Gasteiger partial charge in [0.1, 0.15) is 29.5 Å². The lowest BCUT2D eigenvalue weighted by Gasteiger charge is -2.34. The van der Waals surface area contributed by atoms with Crippen molar-refractivity contribution in [3.05, 3.63) is 30.0 Å². The van der Waals surface area contributed by atoms with Crippen LogP contribution in [-0.4, -0.2) is 63.4 Å². The van der Waals surface area contributed by atoms with Gasteiger partial charge in [-0.1, -0.05) is 12.1 Å². The van der Waals surface area contributed by atoms with Crippen molar-refractivity contribution in [1.29, 1.82) is 0 Å². The van der Waals surface area contributed by atoms with Crippen molar-refractivity contribution in [2.24, 2.45) is 5.92 Å². The molecular weight excluding hydrogens is 443 g/mol. The average Bonchev–Trinajstić information content (AvgIpc) is 3.33. The van der Waals surface area contributed by atoms with E-state index in [1.165, 1.54) is 7.11 Å². The maximum Gasteiger partial charge on any atom is 0.405 e. The van der Waals surface area contributed by atoms with E-state index in [-0.39, 0.29) is 24.3 Å². The maximum atomic E-state index is 12.7. The van der Waals surface area contributed by atoms with Crippen LogP contribution in [0.5, 0.6) is 0 Å². The number of aromatic nitrogens is 3. The van der Waals surface area contributed by atoms with Gasteiger partial charge in [0.25, 0.3) is 0 Å². The zero-order valence-electron chi connectivity index (χ0n) is 18.0. The number of hydrogen-bond acceptors (Lipinski definition) is 9. The smallest absolute Gasteiger partial charge is 0.405 e. The first-order valence-corrected chi connectivity index (χ1v) is 10.3. The lowest BCUT2D eigenvalue weighted by molar-refractivity contribution is -0.115. The van der Waals surface area contributed by atoms with E-state index in [1.54, 1.807) is 31.2 Å². The molecule has 0 bridgehead atoms. The van der Waals surface area contributed by atoms with E-state index < -0.39 is 30.5 Å². The number of aliphatic hydroxyl groups excluding tert-OH is 2. The number of oxazole rings is 1. The van der Waals surface area contributed by atoms with Gasteiger partial charge in [0, 0.05) is 19.6 Å². The molecule has 2 heterocycles. The summed E-state index contributed by atoms with van der Waals surface area (Å²) in [6.45, 7) is 0.0305. The molecular formula is C21H24F3N5O4. The lowest BCUT2D eigenvalue weighted by atomic mass is 10.0. The fraction of sp³-hybridized carbons (Fsp3) is 0.476. The van der Waals surface area contributed by atoms with Crippen LogP contribution in [0.2, 0.25) is 0 Å². The van der Waals surface area contributed by atoms with Crippen LogP contribution in [0.15, 0.2) is 28.7 Å². The molecule has 3 unspecified atom stereocenters. The Morgan fingerprint density at radius 3 is 2.64 bits per heavy atom.